The third kappa shape index (κ3) is 2.61. The van der Waals surface area contributed by atoms with E-state index in [4.69, 9.17) is 9.52 Å². The van der Waals surface area contributed by atoms with Crippen molar-refractivity contribution < 1.29 is 14.3 Å². The van der Waals surface area contributed by atoms with Crippen LogP contribution in [0.1, 0.15) is 17.9 Å². The van der Waals surface area contributed by atoms with Crippen LogP contribution in [0.5, 0.6) is 0 Å². The standard InChI is InChI=1S/C14H16N2O3/c1-8-16-12-3-2-9(4-13(12)19-8)6-15-7-10-5-11(10)14(17)18/h2-4,10-11,15H,5-7H2,1H3,(H,17,18). The third-order valence-corrected chi connectivity index (χ3v) is 3.54. The number of carboxylic acid groups (broad SMARTS) is 1. The fraction of sp³-hybridized carbons (Fsp3) is 0.429. The fourth-order valence-corrected chi connectivity index (χ4v) is 2.37. The van der Waals surface area contributed by atoms with E-state index in [-0.39, 0.29) is 11.8 Å². The molecule has 5 nitrogen and oxygen atoms in total. The average Bonchev–Trinajstić information content (AvgIpc) is 3.03. The lowest BCUT2D eigenvalue weighted by Gasteiger charge is -2.03. The quantitative estimate of drug-likeness (QED) is 0.859. The predicted octanol–water partition coefficient (Wildman–Crippen LogP) is 1.95. The molecule has 2 aromatic rings. The second kappa shape index (κ2) is 4.66. The van der Waals surface area contributed by atoms with Crippen LogP contribution < -0.4 is 5.32 Å². The van der Waals surface area contributed by atoms with E-state index in [0.717, 1.165) is 36.2 Å². The summed E-state index contributed by atoms with van der Waals surface area (Å²) in [4.78, 5) is 15.0. The second-order valence-electron chi connectivity index (χ2n) is 5.11. The molecule has 2 atom stereocenters. The summed E-state index contributed by atoms with van der Waals surface area (Å²) in [5, 5.41) is 12.1. The first-order valence-corrected chi connectivity index (χ1v) is 6.43. The van der Waals surface area contributed by atoms with Crippen LogP contribution in [0.3, 0.4) is 0 Å². The molecular weight excluding hydrogens is 244 g/mol. The van der Waals surface area contributed by atoms with Crippen molar-refractivity contribution in [3.05, 3.63) is 29.7 Å². The molecule has 0 saturated heterocycles. The molecule has 2 N–H and O–H groups in total. The number of aliphatic carboxylic acids is 1. The molecule has 1 heterocycles. The van der Waals surface area contributed by atoms with Crippen LogP contribution in [0, 0.1) is 18.8 Å². The lowest BCUT2D eigenvalue weighted by atomic mass is 10.2. The van der Waals surface area contributed by atoms with Crippen LogP contribution in [-0.4, -0.2) is 22.6 Å². The third-order valence-electron chi connectivity index (χ3n) is 3.54. The summed E-state index contributed by atoms with van der Waals surface area (Å²) >= 11 is 0. The molecule has 1 saturated carbocycles. The molecule has 5 heteroatoms. The van der Waals surface area contributed by atoms with Gasteiger partial charge in [0.25, 0.3) is 0 Å². The summed E-state index contributed by atoms with van der Waals surface area (Å²) in [6.45, 7) is 3.31. The molecule has 1 fully saturated rings. The summed E-state index contributed by atoms with van der Waals surface area (Å²) in [6.07, 6.45) is 0.794. The number of nitrogens with zero attached hydrogens (tertiary/aromatic N) is 1. The van der Waals surface area contributed by atoms with E-state index >= 15 is 0 Å². The van der Waals surface area contributed by atoms with Gasteiger partial charge in [-0.2, -0.15) is 0 Å². The highest BCUT2D eigenvalue weighted by Gasteiger charge is 2.42. The van der Waals surface area contributed by atoms with Crippen molar-refractivity contribution in [1.29, 1.82) is 0 Å². The van der Waals surface area contributed by atoms with E-state index in [1.807, 2.05) is 25.1 Å². The molecule has 100 valence electrons. The number of hydrogen-bond acceptors (Lipinski definition) is 4. The Morgan fingerprint density at radius 2 is 2.42 bits per heavy atom. The molecule has 1 aromatic carbocycles. The van der Waals surface area contributed by atoms with Gasteiger partial charge in [0, 0.05) is 13.5 Å². The van der Waals surface area contributed by atoms with Gasteiger partial charge in [-0.05, 0) is 36.6 Å². The van der Waals surface area contributed by atoms with Gasteiger partial charge in [0.05, 0.1) is 5.92 Å². The monoisotopic (exact) mass is 260 g/mol. The molecule has 0 spiro atoms. The minimum absolute atomic E-state index is 0.146. The zero-order valence-electron chi connectivity index (χ0n) is 10.7. The smallest absolute Gasteiger partial charge is 0.306 e. The Morgan fingerprint density at radius 1 is 1.58 bits per heavy atom. The lowest BCUT2D eigenvalue weighted by Crippen LogP contribution is -2.18. The van der Waals surface area contributed by atoms with Crippen LogP contribution in [-0.2, 0) is 11.3 Å². The number of aromatic nitrogens is 1. The maximum Gasteiger partial charge on any atom is 0.306 e. The van der Waals surface area contributed by atoms with Gasteiger partial charge < -0.3 is 14.8 Å². The summed E-state index contributed by atoms with van der Waals surface area (Å²) in [5.74, 6) is 0.133. The Kier molecular flexibility index (Phi) is 2.98. The molecule has 0 amide bonds. The van der Waals surface area contributed by atoms with Gasteiger partial charge in [-0.3, -0.25) is 4.79 Å². The highest BCUT2D eigenvalue weighted by molar-refractivity contribution is 5.74. The topological polar surface area (TPSA) is 75.4 Å². The van der Waals surface area contributed by atoms with Gasteiger partial charge in [0.2, 0.25) is 0 Å². The van der Waals surface area contributed by atoms with Gasteiger partial charge in [-0.1, -0.05) is 6.07 Å². The Hall–Kier alpha value is -1.88. The van der Waals surface area contributed by atoms with E-state index in [1.165, 1.54) is 0 Å². The van der Waals surface area contributed by atoms with E-state index < -0.39 is 5.97 Å². The van der Waals surface area contributed by atoms with Crippen molar-refractivity contribution in [3.63, 3.8) is 0 Å². The van der Waals surface area contributed by atoms with Crippen LogP contribution in [0.2, 0.25) is 0 Å². The molecule has 1 aliphatic rings. The number of hydrogen-bond donors (Lipinski definition) is 2. The zero-order valence-corrected chi connectivity index (χ0v) is 10.7. The van der Waals surface area contributed by atoms with E-state index in [2.05, 4.69) is 10.3 Å². The van der Waals surface area contributed by atoms with E-state index in [0.29, 0.717) is 5.89 Å². The van der Waals surface area contributed by atoms with Crippen molar-refractivity contribution in [2.24, 2.45) is 11.8 Å². The minimum Gasteiger partial charge on any atom is -0.481 e. The summed E-state index contributed by atoms with van der Waals surface area (Å²) < 4.78 is 5.48. The highest BCUT2D eigenvalue weighted by Crippen LogP contribution is 2.37. The van der Waals surface area contributed by atoms with Gasteiger partial charge in [0.15, 0.2) is 11.5 Å². The van der Waals surface area contributed by atoms with E-state index in [1.54, 1.807) is 0 Å². The summed E-state index contributed by atoms with van der Waals surface area (Å²) in [7, 11) is 0. The molecule has 0 bridgehead atoms. The van der Waals surface area contributed by atoms with Crippen LogP contribution in [0.4, 0.5) is 0 Å². The van der Waals surface area contributed by atoms with Crippen molar-refractivity contribution in [3.8, 4) is 0 Å². The first-order chi connectivity index (χ1) is 9.13. The average molecular weight is 260 g/mol. The molecule has 2 unspecified atom stereocenters. The maximum atomic E-state index is 10.7. The number of nitrogens with one attached hydrogen (secondary N) is 1. The largest absolute Gasteiger partial charge is 0.481 e. The van der Waals surface area contributed by atoms with Crippen molar-refractivity contribution >= 4 is 17.1 Å². The normalized spacial score (nSPS) is 21.7. The van der Waals surface area contributed by atoms with Crippen LogP contribution in [0.25, 0.3) is 11.1 Å². The fourth-order valence-electron chi connectivity index (χ4n) is 2.37. The maximum absolute atomic E-state index is 10.7. The number of carboxylic acids is 1. The highest BCUT2D eigenvalue weighted by atomic mass is 16.4. The minimum atomic E-state index is -0.676. The SMILES string of the molecule is Cc1nc2ccc(CNCC3CC3C(=O)O)cc2o1. The Labute approximate surface area is 110 Å². The van der Waals surface area contributed by atoms with Crippen LogP contribution >= 0.6 is 0 Å². The molecule has 1 aliphatic carbocycles. The van der Waals surface area contributed by atoms with Gasteiger partial charge >= 0.3 is 5.97 Å². The molecule has 19 heavy (non-hydrogen) atoms. The summed E-state index contributed by atoms with van der Waals surface area (Å²) in [6, 6.07) is 5.93. The first-order valence-electron chi connectivity index (χ1n) is 6.43. The number of fused-ring (bicyclic) bond motifs is 1. The second-order valence-corrected chi connectivity index (χ2v) is 5.11. The Bertz CT molecular complexity index is 620. The Balaban J connectivity index is 1.55. The van der Waals surface area contributed by atoms with Gasteiger partial charge in [-0.15, -0.1) is 0 Å². The molecule has 1 aromatic heterocycles. The number of benzene rings is 1. The number of aryl methyl sites for hydroxylation is 1. The molecule has 3 rings (SSSR count). The number of oxazole rings is 1. The zero-order chi connectivity index (χ0) is 13.4. The lowest BCUT2D eigenvalue weighted by molar-refractivity contribution is -0.138. The van der Waals surface area contributed by atoms with E-state index in [9.17, 15) is 4.79 Å². The summed E-state index contributed by atoms with van der Waals surface area (Å²) in [5.41, 5.74) is 2.79. The first kappa shape index (κ1) is 12.2. The number of carbonyl (C=O) groups is 1. The Morgan fingerprint density at radius 3 is 3.16 bits per heavy atom. The van der Waals surface area contributed by atoms with Crippen molar-refractivity contribution in [1.82, 2.24) is 10.3 Å². The predicted molar refractivity (Wildman–Crippen MR) is 69.7 cm³/mol. The molecular formula is C14H16N2O3. The number of rotatable bonds is 5. The van der Waals surface area contributed by atoms with Crippen molar-refractivity contribution in [2.75, 3.05) is 6.54 Å². The van der Waals surface area contributed by atoms with Gasteiger partial charge in [0.1, 0.15) is 5.52 Å². The van der Waals surface area contributed by atoms with Crippen molar-refractivity contribution in [2.45, 2.75) is 19.9 Å². The van der Waals surface area contributed by atoms with Crippen LogP contribution in [0.15, 0.2) is 22.6 Å². The molecule has 0 aliphatic heterocycles. The van der Waals surface area contributed by atoms with Gasteiger partial charge in [-0.25, -0.2) is 4.98 Å². The molecule has 0 radical (unpaired) electrons.